The molecule has 2 aromatic rings. The molecule has 1 atom stereocenters. The van der Waals surface area contributed by atoms with Crippen LogP contribution in [0.1, 0.15) is 33.3 Å². The topological polar surface area (TPSA) is 105 Å². The molecule has 1 heterocycles. The molecule has 1 aliphatic rings. The fourth-order valence-electron chi connectivity index (χ4n) is 3.64. The first-order chi connectivity index (χ1) is 16.7. The van der Waals surface area contributed by atoms with E-state index in [0.29, 0.717) is 30.3 Å². The molecular formula is C25H32FN3O6S. The maximum atomic E-state index is 13.6. The zero-order valence-electron chi connectivity index (χ0n) is 21.1. The molecule has 0 aliphatic carbocycles. The van der Waals surface area contributed by atoms with Crippen molar-refractivity contribution in [3.05, 3.63) is 53.8 Å². The van der Waals surface area contributed by atoms with Crippen LogP contribution in [0.3, 0.4) is 0 Å². The minimum atomic E-state index is -3.89. The number of benzene rings is 2. The van der Waals surface area contributed by atoms with E-state index in [9.17, 15) is 22.4 Å². The van der Waals surface area contributed by atoms with Crippen molar-refractivity contribution in [2.45, 2.75) is 45.8 Å². The largest absolute Gasteiger partial charge is 0.486 e. The monoisotopic (exact) mass is 521 g/mol. The van der Waals surface area contributed by atoms with Gasteiger partial charge in [0, 0.05) is 18.2 Å². The molecule has 0 aromatic heterocycles. The van der Waals surface area contributed by atoms with Crippen molar-refractivity contribution in [3.63, 3.8) is 0 Å². The third-order valence-electron chi connectivity index (χ3n) is 5.42. The second kappa shape index (κ2) is 10.7. The SMILES string of the molecule is C[C@@H](C(=O)NC(C)(C)C)N(Cc1ccc(F)cc1)C(=O)CN(c1ccc2c(c1)OCCO2)S(C)(=O)=O. The van der Waals surface area contributed by atoms with Crippen LogP contribution >= 0.6 is 0 Å². The van der Waals surface area contributed by atoms with E-state index in [1.165, 1.54) is 41.3 Å². The number of ether oxygens (including phenoxy) is 2. The summed E-state index contributed by atoms with van der Waals surface area (Å²) >= 11 is 0. The van der Waals surface area contributed by atoms with Gasteiger partial charge in [0.25, 0.3) is 0 Å². The van der Waals surface area contributed by atoms with Gasteiger partial charge >= 0.3 is 0 Å². The van der Waals surface area contributed by atoms with Crippen LogP contribution in [-0.4, -0.2) is 62.7 Å². The van der Waals surface area contributed by atoms with Crippen LogP contribution in [0.4, 0.5) is 10.1 Å². The van der Waals surface area contributed by atoms with E-state index in [1.54, 1.807) is 13.0 Å². The van der Waals surface area contributed by atoms with E-state index < -0.39 is 45.8 Å². The number of nitrogens with zero attached hydrogens (tertiary/aromatic N) is 2. The Hall–Kier alpha value is -3.34. The molecular weight excluding hydrogens is 489 g/mol. The zero-order valence-corrected chi connectivity index (χ0v) is 21.9. The first-order valence-electron chi connectivity index (χ1n) is 11.5. The van der Waals surface area contributed by atoms with Gasteiger partial charge in [0.05, 0.1) is 11.9 Å². The van der Waals surface area contributed by atoms with Gasteiger partial charge in [0.2, 0.25) is 21.8 Å². The van der Waals surface area contributed by atoms with Gasteiger partial charge in [-0.3, -0.25) is 13.9 Å². The van der Waals surface area contributed by atoms with Crippen LogP contribution in [0.2, 0.25) is 0 Å². The predicted molar refractivity (Wildman–Crippen MR) is 134 cm³/mol. The predicted octanol–water partition coefficient (Wildman–Crippen LogP) is 2.69. The number of anilines is 1. The lowest BCUT2D eigenvalue weighted by Gasteiger charge is -2.33. The average molecular weight is 522 g/mol. The second-order valence-electron chi connectivity index (χ2n) is 9.66. The molecule has 3 rings (SSSR count). The highest BCUT2D eigenvalue weighted by Gasteiger charge is 2.31. The molecule has 1 aliphatic heterocycles. The van der Waals surface area contributed by atoms with Gasteiger partial charge in [0.15, 0.2) is 11.5 Å². The van der Waals surface area contributed by atoms with Crippen molar-refractivity contribution in [2.75, 3.05) is 30.3 Å². The Morgan fingerprint density at radius 3 is 2.25 bits per heavy atom. The van der Waals surface area contributed by atoms with E-state index in [-0.39, 0.29) is 12.2 Å². The minimum absolute atomic E-state index is 0.0173. The van der Waals surface area contributed by atoms with Crippen LogP contribution in [0.25, 0.3) is 0 Å². The second-order valence-corrected chi connectivity index (χ2v) is 11.6. The number of rotatable bonds is 8. The lowest BCUT2D eigenvalue weighted by Crippen LogP contribution is -2.54. The van der Waals surface area contributed by atoms with Crippen LogP contribution in [0, 0.1) is 5.82 Å². The number of carbonyl (C=O) groups is 2. The first-order valence-corrected chi connectivity index (χ1v) is 13.3. The summed E-state index contributed by atoms with van der Waals surface area (Å²) in [5.41, 5.74) is 0.272. The van der Waals surface area contributed by atoms with Crippen molar-refractivity contribution in [3.8, 4) is 11.5 Å². The molecule has 0 fully saturated rings. The molecule has 0 spiro atoms. The number of amides is 2. The molecule has 0 saturated heterocycles. The molecule has 36 heavy (non-hydrogen) atoms. The Kier molecular flexibility index (Phi) is 8.12. The molecule has 9 nitrogen and oxygen atoms in total. The first kappa shape index (κ1) is 27.3. The summed E-state index contributed by atoms with van der Waals surface area (Å²) in [7, 11) is -3.89. The summed E-state index contributed by atoms with van der Waals surface area (Å²) in [6, 6.07) is 9.24. The summed E-state index contributed by atoms with van der Waals surface area (Å²) in [6.45, 7) is 7.15. The third-order valence-corrected chi connectivity index (χ3v) is 6.57. The molecule has 2 aromatic carbocycles. The van der Waals surface area contributed by atoms with Crippen molar-refractivity contribution < 1.29 is 31.9 Å². The van der Waals surface area contributed by atoms with E-state index in [4.69, 9.17) is 9.47 Å². The number of hydrogen-bond acceptors (Lipinski definition) is 6. The highest BCUT2D eigenvalue weighted by molar-refractivity contribution is 7.92. The molecule has 0 bridgehead atoms. The van der Waals surface area contributed by atoms with Gasteiger partial charge in [-0.2, -0.15) is 0 Å². The quantitative estimate of drug-likeness (QED) is 0.573. The van der Waals surface area contributed by atoms with Gasteiger partial charge in [-0.25, -0.2) is 12.8 Å². The number of nitrogens with one attached hydrogen (secondary N) is 1. The van der Waals surface area contributed by atoms with E-state index in [2.05, 4.69) is 5.32 Å². The van der Waals surface area contributed by atoms with Crippen LogP contribution in [0.5, 0.6) is 11.5 Å². The van der Waals surface area contributed by atoms with E-state index in [1.807, 2.05) is 20.8 Å². The standard InChI is InChI=1S/C25H32FN3O6S/c1-17(24(31)27-25(2,3)4)28(15-18-6-8-19(26)9-7-18)23(30)16-29(36(5,32)33)20-10-11-21-22(14-20)35-13-12-34-21/h6-11,14,17H,12-13,15-16H2,1-5H3,(H,27,31)/t17-/m0/s1. The molecule has 196 valence electrons. The molecule has 11 heteroatoms. The van der Waals surface area contributed by atoms with Crippen molar-refractivity contribution in [2.24, 2.45) is 0 Å². The van der Waals surface area contributed by atoms with Gasteiger partial charge in [-0.15, -0.1) is 0 Å². The fraction of sp³-hybridized carbons (Fsp3) is 0.440. The van der Waals surface area contributed by atoms with Gasteiger partial charge in [-0.05, 0) is 57.5 Å². The summed E-state index contributed by atoms with van der Waals surface area (Å²) in [6.07, 6.45) is 0.997. The third kappa shape index (κ3) is 7.09. The lowest BCUT2D eigenvalue weighted by atomic mass is 10.1. The molecule has 2 amide bonds. The molecule has 0 radical (unpaired) electrons. The van der Waals surface area contributed by atoms with E-state index >= 15 is 0 Å². The van der Waals surface area contributed by atoms with Gasteiger partial charge in [0.1, 0.15) is 31.6 Å². The normalized spacial score (nSPS) is 14.1. The summed E-state index contributed by atoms with van der Waals surface area (Å²) < 4.78 is 50.9. The highest BCUT2D eigenvalue weighted by Crippen LogP contribution is 2.34. The average Bonchev–Trinajstić information content (AvgIpc) is 2.79. The Bertz CT molecular complexity index is 1210. The summed E-state index contributed by atoms with van der Waals surface area (Å²) in [5.74, 6) is -0.576. The lowest BCUT2D eigenvalue weighted by molar-refractivity contribution is -0.140. The van der Waals surface area contributed by atoms with Crippen LogP contribution in [0.15, 0.2) is 42.5 Å². The maximum Gasteiger partial charge on any atom is 0.244 e. The van der Waals surface area contributed by atoms with E-state index in [0.717, 1.165) is 10.6 Å². The highest BCUT2D eigenvalue weighted by atomic mass is 32.2. The Morgan fingerprint density at radius 1 is 1.06 bits per heavy atom. The van der Waals surface area contributed by atoms with Crippen molar-refractivity contribution in [1.29, 1.82) is 0 Å². The minimum Gasteiger partial charge on any atom is -0.486 e. The summed E-state index contributed by atoms with van der Waals surface area (Å²) in [5, 5.41) is 2.84. The smallest absolute Gasteiger partial charge is 0.244 e. The maximum absolute atomic E-state index is 13.6. The Morgan fingerprint density at radius 2 is 1.67 bits per heavy atom. The molecule has 1 N–H and O–H groups in total. The van der Waals surface area contributed by atoms with Crippen molar-refractivity contribution >= 4 is 27.5 Å². The Balaban J connectivity index is 1.92. The molecule has 0 saturated carbocycles. The number of sulfonamides is 1. The van der Waals surface area contributed by atoms with Gasteiger partial charge < -0.3 is 19.7 Å². The zero-order chi connectivity index (χ0) is 26.7. The number of carbonyl (C=O) groups excluding carboxylic acids is 2. The van der Waals surface area contributed by atoms with Crippen LogP contribution < -0.4 is 19.1 Å². The molecule has 0 unspecified atom stereocenters. The number of hydrogen-bond donors (Lipinski definition) is 1. The van der Waals surface area contributed by atoms with Crippen molar-refractivity contribution in [1.82, 2.24) is 10.2 Å². The van der Waals surface area contributed by atoms with Gasteiger partial charge in [-0.1, -0.05) is 12.1 Å². The Labute approximate surface area is 211 Å². The van der Waals surface area contributed by atoms with Crippen LogP contribution in [-0.2, 0) is 26.2 Å². The fourth-order valence-corrected chi connectivity index (χ4v) is 4.49. The number of halogens is 1. The number of fused-ring (bicyclic) bond motifs is 1. The summed E-state index contributed by atoms with van der Waals surface area (Å²) in [4.78, 5) is 27.8.